The molecule has 3 unspecified atom stereocenters. The first kappa shape index (κ1) is 26.0. The van der Waals surface area contributed by atoms with Crippen molar-refractivity contribution in [2.45, 2.75) is 68.4 Å². The summed E-state index contributed by atoms with van der Waals surface area (Å²) in [6.07, 6.45) is 8.11. The van der Waals surface area contributed by atoms with E-state index in [9.17, 15) is 4.79 Å². The van der Waals surface area contributed by atoms with Crippen LogP contribution in [0.1, 0.15) is 67.9 Å². The van der Waals surface area contributed by atoms with E-state index in [-0.39, 0.29) is 17.5 Å². The minimum atomic E-state index is 0.158. The van der Waals surface area contributed by atoms with E-state index >= 15 is 0 Å². The number of nitrogens with zero attached hydrogens (tertiary/aromatic N) is 3. The summed E-state index contributed by atoms with van der Waals surface area (Å²) in [6.45, 7) is 7.62. The molecule has 1 N–H and O–H groups in total. The minimum absolute atomic E-state index is 0.158. The number of likely N-dealkylation sites (tertiary alicyclic amines) is 1. The van der Waals surface area contributed by atoms with Crippen molar-refractivity contribution in [1.82, 2.24) is 20.0 Å². The number of benzene rings is 2. The average Bonchev–Trinajstić information content (AvgIpc) is 2.98. The van der Waals surface area contributed by atoms with Gasteiger partial charge in [0.25, 0.3) is 0 Å². The van der Waals surface area contributed by atoms with Crippen LogP contribution >= 0.6 is 0 Å². The second-order valence-electron chi connectivity index (χ2n) is 12.6. The molecular weight excluding hydrogens is 468 g/mol. The molecule has 2 aliphatic heterocycles. The van der Waals surface area contributed by atoms with E-state index in [2.05, 4.69) is 87.7 Å². The van der Waals surface area contributed by atoms with Gasteiger partial charge in [0.15, 0.2) is 0 Å². The SMILES string of the molecule is CN1CCN(CCC(=O)NC2CC3(N4CCCCC4)CC(c4ccccc4)C2C(c2ccccc2)C3)CC1. The van der Waals surface area contributed by atoms with Gasteiger partial charge in [0, 0.05) is 50.7 Å². The van der Waals surface area contributed by atoms with Crippen molar-refractivity contribution in [1.29, 1.82) is 0 Å². The molecule has 5 heteroatoms. The molecular formula is C33H46N4O. The van der Waals surface area contributed by atoms with E-state index in [4.69, 9.17) is 0 Å². The summed E-state index contributed by atoms with van der Waals surface area (Å²) >= 11 is 0. The Labute approximate surface area is 229 Å². The van der Waals surface area contributed by atoms with Crippen molar-refractivity contribution in [3.8, 4) is 0 Å². The van der Waals surface area contributed by atoms with Crippen LogP contribution in [-0.2, 0) is 4.79 Å². The lowest BCUT2D eigenvalue weighted by Gasteiger charge is -2.62. The molecule has 3 aliphatic carbocycles. The number of carbonyl (C=O) groups is 1. The first-order valence-corrected chi connectivity index (χ1v) is 15.2. The second kappa shape index (κ2) is 11.5. The summed E-state index contributed by atoms with van der Waals surface area (Å²) in [4.78, 5) is 21.2. The Morgan fingerprint density at radius 1 is 0.789 bits per heavy atom. The molecule has 0 radical (unpaired) electrons. The number of carbonyl (C=O) groups excluding carboxylic acids is 1. The highest BCUT2D eigenvalue weighted by Gasteiger charge is 2.58. The lowest BCUT2D eigenvalue weighted by atomic mass is 9.51. The van der Waals surface area contributed by atoms with Crippen LogP contribution in [0, 0.1) is 5.92 Å². The van der Waals surface area contributed by atoms with E-state index in [1.54, 1.807) is 0 Å². The number of nitrogens with one attached hydrogen (secondary N) is 1. The van der Waals surface area contributed by atoms with Crippen LogP contribution in [0.15, 0.2) is 60.7 Å². The zero-order valence-corrected chi connectivity index (χ0v) is 23.2. The highest BCUT2D eigenvalue weighted by atomic mass is 16.1. The standard InChI is InChI=1S/C33H46N4O/c1-35-19-21-36(22-20-35)18-15-31(38)34-30-25-33(37-16-9-4-10-17-37)23-28(26-11-5-2-6-12-26)32(30)29(24-33)27-13-7-3-8-14-27/h2-3,5-8,11-14,28-30,32H,4,9-10,15-25H2,1H3,(H,34,38). The van der Waals surface area contributed by atoms with Gasteiger partial charge in [-0.3, -0.25) is 9.69 Å². The summed E-state index contributed by atoms with van der Waals surface area (Å²) < 4.78 is 0. The molecule has 2 saturated heterocycles. The van der Waals surface area contributed by atoms with E-state index in [0.717, 1.165) is 39.1 Å². The maximum absolute atomic E-state index is 13.5. The number of hydrogen-bond acceptors (Lipinski definition) is 4. The summed E-state index contributed by atoms with van der Waals surface area (Å²) in [7, 11) is 2.19. The number of likely N-dealkylation sites (N-methyl/N-ethyl adjacent to an activating group) is 1. The third-order valence-corrected chi connectivity index (χ3v) is 10.3. The lowest BCUT2D eigenvalue weighted by molar-refractivity contribution is -0.125. The fraction of sp³-hybridized carbons (Fsp3) is 0.606. The van der Waals surface area contributed by atoms with Gasteiger partial charge in [-0.2, -0.15) is 0 Å². The van der Waals surface area contributed by atoms with Gasteiger partial charge in [0.2, 0.25) is 5.91 Å². The zero-order chi connectivity index (χ0) is 26.0. The van der Waals surface area contributed by atoms with Crippen molar-refractivity contribution < 1.29 is 4.79 Å². The van der Waals surface area contributed by atoms with Crippen LogP contribution in [0.25, 0.3) is 0 Å². The Balaban J connectivity index is 1.29. The molecule has 5 fully saturated rings. The van der Waals surface area contributed by atoms with Gasteiger partial charge in [-0.1, -0.05) is 67.1 Å². The van der Waals surface area contributed by atoms with Crippen LogP contribution < -0.4 is 5.32 Å². The number of amides is 1. The Morgan fingerprint density at radius 2 is 1.37 bits per heavy atom. The molecule has 1 amide bonds. The number of fused-ring (bicyclic) bond motifs is 3. The monoisotopic (exact) mass is 514 g/mol. The number of rotatable bonds is 7. The molecule has 38 heavy (non-hydrogen) atoms. The number of hydrogen-bond donors (Lipinski definition) is 1. The number of piperazine rings is 1. The Morgan fingerprint density at radius 3 is 1.95 bits per heavy atom. The van der Waals surface area contributed by atoms with Gasteiger partial charge >= 0.3 is 0 Å². The Bertz CT molecular complexity index is 996. The summed E-state index contributed by atoms with van der Waals surface area (Å²) in [5.41, 5.74) is 3.07. The Hall–Kier alpha value is -2.21. The molecule has 2 aromatic rings. The van der Waals surface area contributed by atoms with E-state index < -0.39 is 0 Å². The Kier molecular flexibility index (Phi) is 7.87. The van der Waals surface area contributed by atoms with E-state index in [1.807, 2.05) is 0 Å². The van der Waals surface area contributed by atoms with Gasteiger partial charge in [-0.05, 0) is 81.1 Å². The maximum Gasteiger partial charge on any atom is 0.221 e. The first-order valence-electron chi connectivity index (χ1n) is 15.2. The topological polar surface area (TPSA) is 38.8 Å². The smallest absolute Gasteiger partial charge is 0.221 e. The van der Waals surface area contributed by atoms with Crippen LogP contribution in [0.4, 0.5) is 0 Å². The highest BCUT2D eigenvalue weighted by molar-refractivity contribution is 5.76. The van der Waals surface area contributed by atoms with Crippen LogP contribution in [0.5, 0.6) is 0 Å². The number of piperidine rings is 1. The molecule has 0 spiro atoms. The van der Waals surface area contributed by atoms with Crippen molar-refractivity contribution >= 4 is 5.91 Å². The first-order chi connectivity index (χ1) is 18.6. The predicted octanol–water partition coefficient (Wildman–Crippen LogP) is 4.71. The second-order valence-corrected chi connectivity index (χ2v) is 12.6. The van der Waals surface area contributed by atoms with E-state index in [0.29, 0.717) is 24.2 Å². The summed E-state index contributed by atoms with van der Waals surface area (Å²) in [5, 5.41) is 3.66. The fourth-order valence-electron chi connectivity index (χ4n) is 8.32. The largest absolute Gasteiger partial charge is 0.353 e. The van der Waals surface area contributed by atoms with Gasteiger partial charge in [0.05, 0.1) is 0 Å². The van der Waals surface area contributed by atoms with Gasteiger partial charge in [-0.15, -0.1) is 0 Å². The van der Waals surface area contributed by atoms with Gasteiger partial charge < -0.3 is 15.1 Å². The van der Waals surface area contributed by atoms with Crippen molar-refractivity contribution in [2.75, 3.05) is 52.9 Å². The van der Waals surface area contributed by atoms with Crippen LogP contribution in [0.3, 0.4) is 0 Å². The molecule has 5 aliphatic rings. The average molecular weight is 515 g/mol. The molecule has 2 bridgehead atoms. The molecule has 3 saturated carbocycles. The van der Waals surface area contributed by atoms with Crippen LogP contribution in [0.2, 0.25) is 0 Å². The molecule has 204 valence electrons. The molecule has 3 atom stereocenters. The lowest BCUT2D eigenvalue weighted by Crippen LogP contribution is -2.66. The third kappa shape index (κ3) is 5.43. The van der Waals surface area contributed by atoms with Gasteiger partial charge in [-0.25, -0.2) is 0 Å². The van der Waals surface area contributed by atoms with Crippen molar-refractivity contribution in [3.63, 3.8) is 0 Å². The van der Waals surface area contributed by atoms with Crippen molar-refractivity contribution in [2.24, 2.45) is 5.92 Å². The van der Waals surface area contributed by atoms with Gasteiger partial charge in [0.1, 0.15) is 0 Å². The minimum Gasteiger partial charge on any atom is -0.353 e. The van der Waals surface area contributed by atoms with Crippen LogP contribution in [-0.4, -0.2) is 85.0 Å². The summed E-state index contributed by atoms with van der Waals surface area (Å²) in [5.74, 6) is 1.61. The molecule has 2 aromatic carbocycles. The summed E-state index contributed by atoms with van der Waals surface area (Å²) in [6, 6.07) is 22.6. The predicted molar refractivity (Wildman–Crippen MR) is 154 cm³/mol. The quantitative estimate of drug-likeness (QED) is 0.581. The highest BCUT2D eigenvalue weighted by Crippen LogP contribution is 2.60. The molecule has 2 heterocycles. The maximum atomic E-state index is 13.5. The fourth-order valence-corrected chi connectivity index (χ4v) is 8.32. The van der Waals surface area contributed by atoms with E-state index in [1.165, 1.54) is 56.3 Å². The van der Waals surface area contributed by atoms with Crippen molar-refractivity contribution in [3.05, 3.63) is 71.8 Å². The third-order valence-electron chi connectivity index (χ3n) is 10.3. The molecule has 0 aromatic heterocycles. The zero-order valence-electron chi connectivity index (χ0n) is 23.2. The molecule has 7 rings (SSSR count). The molecule has 5 nitrogen and oxygen atoms in total. The normalized spacial score (nSPS) is 32.8.